The monoisotopic (exact) mass is 341 g/mol. The number of hydrogen-bond acceptors (Lipinski definition) is 3. The molecule has 136 valence electrons. The number of para-hydroxylation sites is 1. The van der Waals surface area contributed by atoms with E-state index in [9.17, 15) is 4.79 Å². The maximum atomic E-state index is 12.5. The van der Waals surface area contributed by atoms with Crippen LogP contribution in [0, 0.1) is 5.92 Å². The Morgan fingerprint density at radius 3 is 2.56 bits per heavy atom. The third-order valence-electron chi connectivity index (χ3n) is 6.43. The van der Waals surface area contributed by atoms with Crippen molar-refractivity contribution < 1.29 is 4.79 Å². The summed E-state index contributed by atoms with van der Waals surface area (Å²) in [6.45, 7) is 4.64. The zero-order chi connectivity index (χ0) is 17.1. The Bertz CT molecular complexity index is 589. The lowest BCUT2D eigenvalue weighted by atomic mass is 9.92. The maximum Gasteiger partial charge on any atom is 0.240 e. The number of fused-ring (bicyclic) bond motifs is 1. The number of likely N-dealkylation sites (tertiary alicyclic amines) is 1. The second-order valence-corrected chi connectivity index (χ2v) is 7.98. The van der Waals surface area contributed by atoms with Crippen molar-refractivity contribution in [3.05, 3.63) is 29.8 Å². The van der Waals surface area contributed by atoms with Crippen LogP contribution in [-0.4, -0.2) is 43.0 Å². The number of anilines is 1. The lowest BCUT2D eigenvalue weighted by Crippen LogP contribution is -2.41. The Balaban J connectivity index is 1.33. The molecule has 0 unspecified atom stereocenters. The van der Waals surface area contributed by atoms with Crippen LogP contribution in [0.15, 0.2) is 24.3 Å². The number of carbonyl (C=O) groups excluding carboxylic acids is 1. The summed E-state index contributed by atoms with van der Waals surface area (Å²) in [5, 5.41) is 3.26. The highest BCUT2D eigenvalue weighted by atomic mass is 16.2. The van der Waals surface area contributed by atoms with E-state index in [0.29, 0.717) is 6.54 Å². The Kier molecular flexibility index (Phi) is 5.37. The summed E-state index contributed by atoms with van der Waals surface area (Å²) in [4.78, 5) is 17.3. The number of amides is 1. The van der Waals surface area contributed by atoms with Gasteiger partial charge in [0, 0.05) is 24.8 Å². The van der Waals surface area contributed by atoms with E-state index in [1.165, 1.54) is 57.2 Å². The van der Waals surface area contributed by atoms with Crippen molar-refractivity contribution in [2.24, 2.45) is 5.92 Å². The Morgan fingerprint density at radius 1 is 1.00 bits per heavy atom. The first-order valence-electron chi connectivity index (χ1n) is 10.1. The molecule has 1 amide bonds. The SMILES string of the molecule is O=C1CNCc2ccccc2N1CCC1CCN(C2CCCC2)CC1. The fourth-order valence-corrected chi connectivity index (χ4v) is 4.89. The number of rotatable bonds is 4. The molecule has 4 rings (SSSR count). The molecule has 25 heavy (non-hydrogen) atoms. The molecule has 1 aliphatic carbocycles. The molecule has 4 nitrogen and oxygen atoms in total. The topological polar surface area (TPSA) is 35.6 Å². The molecule has 4 heteroatoms. The molecule has 1 N–H and O–H groups in total. The second kappa shape index (κ2) is 7.88. The quantitative estimate of drug-likeness (QED) is 0.914. The van der Waals surface area contributed by atoms with Gasteiger partial charge in [0.1, 0.15) is 0 Å². The molecule has 2 heterocycles. The largest absolute Gasteiger partial charge is 0.311 e. The molecular weight excluding hydrogens is 310 g/mol. The van der Waals surface area contributed by atoms with Crippen LogP contribution in [0.5, 0.6) is 0 Å². The number of carbonyl (C=O) groups is 1. The van der Waals surface area contributed by atoms with Gasteiger partial charge in [-0.05, 0) is 62.7 Å². The number of hydrogen-bond donors (Lipinski definition) is 1. The minimum absolute atomic E-state index is 0.216. The van der Waals surface area contributed by atoms with Gasteiger partial charge < -0.3 is 15.1 Å². The smallest absolute Gasteiger partial charge is 0.240 e. The molecule has 1 aromatic rings. The van der Waals surface area contributed by atoms with E-state index in [1.54, 1.807) is 0 Å². The van der Waals surface area contributed by atoms with Crippen molar-refractivity contribution in [1.82, 2.24) is 10.2 Å². The normalized spacial score (nSPS) is 23.7. The van der Waals surface area contributed by atoms with Crippen LogP contribution in [0.25, 0.3) is 0 Å². The molecule has 1 saturated heterocycles. The first-order valence-corrected chi connectivity index (χ1v) is 10.1. The van der Waals surface area contributed by atoms with E-state index in [4.69, 9.17) is 0 Å². The van der Waals surface area contributed by atoms with E-state index >= 15 is 0 Å². The van der Waals surface area contributed by atoms with Crippen LogP contribution < -0.4 is 10.2 Å². The summed E-state index contributed by atoms with van der Waals surface area (Å²) in [5.41, 5.74) is 2.35. The van der Waals surface area contributed by atoms with Crippen molar-refractivity contribution in [3.63, 3.8) is 0 Å². The standard InChI is InChI=1S/C21H31N3O/c25-21-16-22-15-18-5-1-4-8-20(18)24(21)14-11-17-9-12-23(13-10-17)19-6-2-3-7-19/h1,4-5,8,17,19,22H,2-3,6-7,9-16H2. The van der Waals surface area contributed by atoms with Crippen molar-refractivity contribution in [2.75, 3.05) is 31.1 Å². The van der Waals surface area contributed by atoms with Crippen molar-refractivity contribution >= 4 is 11.6 Å². The van der Waals surface area contributed by atoms with Gasteiger partial charge >= 0.3 is 0 Å². The summed E-state index contributed by atoms with van der Waals surface area (Å²) in [5.74, 6) is 0.988. The Morgan fingerprint density at radius 2 is 1.76 bits per heavy atom. The molecule has 1 saturated carbocycles. The number of nitrogens with one attached hydrogen (secondary N) is 1. The summed E-state index contributed by atoms with van der Waals surface area (Å²) < 4.78 is 0. The van der Waals surface area contributed by atoms with Gasteiger partial charge in [0.25, 0.3) is 0 Å². The number of piperidine rings is 1. The molecule has 2 aliphatic heterocycles. The van der Waals surface area contributed by atoms with E-state index in [1.807, 2.05) is 11.0 Å². The molecule has 0 atom stereocenters. The predicted octanol–water partition coefficient (Wildman–Crippen LogP) is 3.17. The van der Waals surface area contributed by atoms with Gasteiger partial charge in [0.2, 0.25) is 5.91 Å². The van der Waals surface area contributed by atoms with Gasteiger partial charge in [-0.1, -0.05) is 31.0 Å². The zero-order valence-corrected chi connectivity index (χ0v) is 15.3. The molecule has 1 aromatic carbocycles. The maximum absolute atomic E-state index is 12.5. The molecule has 0 radical (unpaired) electrons. The van der Waals surface area contributed by atoms with Crippen molar-refractivity contribution in [1.29, 1.82) is 0 Å². The summed E-state index contributed by atoms with van der Waals surface area (Å²) in [7, 11) is 0. The second-order valence-electron chi connectivity index (χ2n) is 7.98. The molecule has 3 aliphatic rings. The highest BCUT2D eigenvalue weighted by molar-refractivity contribution is 5.96. The van der Waals surface area contributed by atoms with Gasteiger partial charge in [0.05, 0.1) is 6.54 Å². The average molecular weight is 341 g/mol. The van der Waals surface area contributed by atoms with Crippen LogP contribution in [0.4, 0.5) is 5.69 Å². The summed E-state index contributed by atoms with van der Waals surface area (Å²) in [6, 6.07) is 9.21. The Hall–Kier alpha value is -1.39. The third kappa shape index (κ3) is 3.90. The van der Waals surface area contributed by atoms with E-state index in [2.05, 4.69) is 28.4 Å². The molecule has 0 spiro atoms. The Labute approximate surface area is 151 Å². The number of benzene rings is 1. The van der Waals surface area contributed by atoms with Crippen LogP contribution in [-0.2, 0) is 11.3 Å². The van der Waals surface area contributed by atoms with Crippen molar-refractivity contribution in [3.8, 4) is 0 Å². The minimum atomic E-state index is 0.216. The van der Waals surface area contributed by atoms with Gasteiger partial charge in [-0.3, -0.25) is 4.79 Å². The van der Waals surface area contributed by atoms with Gasteiger partial charge in [-0.15, -0.1) is 0 Å². The highest BCUT2D eigenvalue weighted by Gasteiger charge is 2.28. The van der Waals surface area contributed by atoms with Gasteiger partial charge in [0.15, 0.2) is 0 Å². The van der Waals surface area contributed by atoms with E-state index < -0.39 is 0 Å². The highest BCUT2D eigenvalue weighted by Crippen LogP contribution is 2.30. The van der Waals surface area contributed by atoms with Crippen LogP contribution in [0.1, 0.15) is 50.5 Å². The molecule has 0 bridgehead atoms. The van der Waals surface area contributed by atoms with Gasteiger partial charge in [-0.2, -0.15) is 0 Å². The van der Waals surface area contributed by atoms with Gasteiger partial charge in [-0.25, -0.2) is 0 Å². The first-order chi connectivity index (χ1) is 12.3. The predicted molar refractivity (Wildman–Crippen MR) is 102 cm³/mol. The fraction of sp³-hybridized carbons (Fsp3) is 0.667. The zero-order valence-electron chi connectivity index (χ0n) is 15.3. The molecule has 2 fully saturated rings. The molecule has 0 aromatic heterocycles. The van der Waals surface area contributed by atoms with Crippen molar-refractivity contribution in [2.45, 2.75) is 57.5 Å². The first kappa shape index (κ1) is 17.0. The summed E-state index contributed by atoms with van der Waals surface area (Å²) >= 11 is 0. The lowest BCUT2D eigenvalue weighted by Gasteiger charge is -2.36. The summed E-state index contributed by atoms with van der Waals surface area (Å²) in [6.07, 6.45) is 9.42. The third-order valence-corrected chi connectivity index (χ3v) is 6.43. The number of nitrogens with zero attached hydrogens (tertiary/aromatic N) is 2. The van der Waals surface area contributed by atoms with Crippen LogP contribution in [0.2, 0.25) is 0 Å². The molecular formula is C21H31N3O. The minimum Gasteiger partial charge on any atom is -0.311 e. The van der Waals surface area contributed by atoms with E-state index in [0.717, 1.165) is 37.2 Å². The van der Waals surface area contributed by atoms with Crippen LogP contribution in [0.3, 0.4) is 0 Å². The average Bonchev–Trinajstić information content (AvgIpc) is 3.13. The fourth-order valence-electron chi connectivity index (χ4n) is 4.89. The lowest BCUT2D eigenvalue weighted by molar-refractivity contribution is -0.117. The van der Waals surface area contributed by atoms with Crippen LogP contribution >= 0.6 is 0 Å². The van der Waals surface area contributed by atoms with E-state index in [-0.39, 0.29) is 5.91 Å².